The van der Waals surface area contributed by atoms with Crippen LogP contribution in [0.25, 0.3) is 0 Å². The Morgan fingerprint density at radius 3 is 2.73 bits per heavy atom. The minimum Gasteiger partial charge on any atom is -0.496 e. The van der Waals surface area contributed by atoms with Gasteiger partial charge in [-0.15, -0.1) is 12.4 Å². The lowest BCUT2D eigenvalue weighted by Gasteiger charge is -2.33. The molecule has 0 bridgehead atoms. The van der Waals surface area contributed by atoms with E-state index in [0.29, 0.717) is 11.8 Å². The van der Waals surface area contributed by atoms with Gasteiger partial charge in [0.1, 0.15) is 5.75 Å². The van der Waals surface area contributed by atoms with Gasteiger partial charge in [-0.25, -0.2) is 0 Å². The number of amides is 1. The lowest BCUT2D eigenvalue weighted by molar-refractivity contribution is -0.129. The van der Waals surface area contributed by atoms with Crippen molar-refractivity contribution in [2.45, 2.75) is 25.7 Å². The summed E-state index contributed by atoms with van der Waals surface area (Å²) < 4.78 is 5.34. The van der Waals surface area contributed by atoms with Gasteiger partial charge in [-0.1, -0.05) is 18.2 Å². The van der Waals surface area contributed by atoms with E-state index in [1.165, 1.54) is 12.8 Å². The van der Waals surface area contributed by atoms with Crippen molar-refractivity contribution in [3.8, 4) is 5.75 Å². The molecule has 2 heterocycles. The smallest absolute Gasteiger partial charge is 0.227 e. The third-order valence-corrected chi connectivity index (χ3v) is 4.99. The maximum absolute atomic E-state index is 12.6. The van der Waals surface area contributed by atoms with Crippen molar-refractivity contribution in [2.24, 2.45) is 5.41 Å². The first-order valence-electron chi connectivity index (χ1n) is 7.83. The van der Waals surface area contributed by atoms with Crippen LogP contribution in [0.4, 0.5) is 0 Å². The number of rotatable bonds is 3. The largest absolute Gasteiger partial charge is 0.496 e. The molecule has 0 saturated carbocycles. The molecule has 1 N–H and O–H groups in total. The molecule has 3 rings (SSSR count). The molecule has 1 aromatic rings. The highest BCUT2D eigenvalue weighted by Gasteiger charge is 2.40. The Morgan fingerprint density at radius 2 is 2.00 bits per heavy atom. The van der Waals surface area contributed by atoms with E-state index < -0.39 is 0 Å². The van der Waals surface area contributed by atoms with Crippen molar-refractivity contribution in [2.75, 3.05) is 33.3 Å². The van der Waals surface area contributed by atoms with Crippen LogP contribution in [0.1, 0.15) is 24.8 Å². The number of ether oxygens (including phenoxy) is 1. The van der Waals surface area contributed by atoms with E-state index in [2.05, 4.69) is 10.2 Å². The van der Waals surface area contributed by atoms with Crippen LogP contribution in [0.2, 0.25) is 0 Å². The van der Waals surface area contributed by atoms with E-state index in [1.807, 2.05) is 24.3 Å². The third-order valence-electron chi connectivity index (χ3n) is 4.99. The monoisotopic (exact) mass is 324 g/mol. The summed E-state index contributed by atoms with van der Waals surface area (Å²) in [4.78, 5) is 14.6. The fourth-order valence-corrected chi connectivity index (χ4v) is 3.64. The number of carbonyl (C=O) groups is 1. The minimum atomic E-state index is 0. The van der Waals surface area contributed by atoms with Crippen molar-refractivity contribution in [1.29, 1.82) is 0 Å². The number of methoxy groups -OCH3 is 1. The molecule has 1 amide bonds. The van der Waals surface area contributed by atoms with Gasteiger partial charge < -0.3 is 15.0 Å². The van der Waals surface area contributed by atoms with Crippen LogP contribution in [0.15, 0.2) is 24.3 Å². The van der Waals surface area contributed by atoms with Crippen molar-refractivity contribution < 1.29 is 9.53 Å². The van der Waals surface area contributed by atoms with E-state index in [1.54, 1.807) is 7.11 Å². The van der Waals surface area contributed by atoms with Gasteiger partial charge in [0.25, 0.3) is 0 Å². The topological polar surface area (TPSA) is 41.6 Å². The summed E-state index contributed by atoms with van der Waals surface area (Å²) in [5.74, 6) is 1.04. The SMILES string of the molecule is COc1ccccc1CC(=O)N1CCC2(CCNCC2)C1.Cl. The average Bonchev–Trinajstić information content (AvgIpc) is 2.92. The second kappa shape index (κ2) is 7.34. The summed E-state index contributed by atoms with van der Waals surface area (Å²) in [5.41, 5.74) is 1.36. The van der Waals surface area contributed by atoms with E-state index in [4.69, 9.17) is 4.74 Å². The fraction of sp³-hybridized carbons (Fsp3) is 0.588. The molecule has 0 radical (unpaired) electrons. The maximum atomic E-state index is 12.6. The molecule has 22 heavy (non-hydrogen) atoms. The Labute approximate surface area is 138 Å². The fourth-order valence-electron chi connectivity index (χ4n) is 3.64. The van der Waals surface area contributed by atoms with Gasteiger partial charge in [0, 0.05) is 18.7 Å². The molecule has 2 saturated heterocycles. The summed E-state index contributed by atoms with van der Waals surface area (Å²) in [7, 11) is 1.66. The summed E-state index contributed by atoms with van der Waals surface area (Å²) in [6.45, 7) is 4.03. The summed E-state index contributed by atoms with van der Waals surface area (Å²) >= 11 is 0. The Morgan fingerprint density at radius 1 is 1.27 bits per heavy atom. The summed E-state index contributed by atoms with van der Waals surface area (Å²) in [6.07, 6.45) is 4.00. The number of hydrogen-bond donors (Lipinski definition) is 1. The molecular formula is C17H25ClN2O2. The molecule has 2 fully saturated rings. The minimum absolute atomic E-state index is 0. The summed E-state index contributed by atoms with van der Waals surface area (Å²) in [6, 6.07) is 7.80. The summed E-state index contributed by atoms with van der Waals surface area (Å²) in [5, 5.41) is 3.41. The number of para-hydroxylation sites is 1. The van der Waals surface area contributed by atoms with Gasteiger partial charge in [0.15, 0.2) is 0 Å². The molecule has 0 unspecified atom stereocenters. The molecule has 1 aromatic carbocycles. The maximum Gasteiger partial charge on any atom is 0.227 e. The lowest BCUT2D eigenvalue weighted by Crippen LogP contribution is -2.40. The Hall–Kier alpha value is -1.26. The van der Waals surface area contributed by atoms with Crippen LogP contribution < -0.4 is 10.1 Å². The quantitative estimate of drug-likeness (QED) is 0.927. The second-order valence-electron chi connectivity index (χ2n) is 6.30. The number of piperidine rings is 1. The average molecular weight is 325 g/mol. The van der Waals surface area contributed by atoms with Crippen LogP contribution in [0, 0.1) is 5.41 Å². The van der Waals surface area contributed by atoms with Gasteiger partial charge in [0.2, 0.25) is 5.91 Å². The normalized spacial score (nSPS) is 19.8. The van der Waals surface area contributed by atoms with Gasteiger partial charge in [-0.3, -0.25) is 4.79 Å². The van der Waals surface area contributed by atoms with Crippen LogP contribution >= 0.6 is 12.4 Å². The van der Waals surface area contributed by atoms with E-state index >= 15 is 0 Å². The predicted octanol–water partition coefficient (Wildman–Crippen LogP) is 2.26. The zero-order valence-electron chi connectivity index (χ0n) is 13.1. The first-order chi connectivity index (χ1) is 10.2. The molecule has 0 atom stereocenters. The molecular weight excluding hydrogens is 300 g/mol. The van der Waals surface area contributed by atoms with Crippen molar-refractivity contribution >= 4 is 18.3 Å². The number of halogens is 1. The number of nitrogens with zero attached hydrogens (tertiary/aromatic N) is 1. The zero-order valence-corrected chi connectivity index (χ0v) is 14.0. The number of nitrogens with one attached hydrogen (secondary N) is 1. The molecule has 5 heteroatoms. The Balaban J connectivity index is 0.00000176. The van der Waals surface area contributed by atoms with Crippen molar-refractivity contribution in [1.82, 2.24) is 10.2 Å². The Kier molecular flexibility index (Phi) is 5.70. The van der Waals surface area contributed by atoms with Crippen LogP contribution in [-0.4, -0.2) is 44.1 Å². The number of likely N-dealkylation sites (tertiary alicyclic amines) is 1. The van der Waals surface area contributed by atoms with Gasteiger partial charge in [-0.2, -0.15) is 0 Å². The standard InChI is InChI=1S/C17H24N2O2.ClH/c1-21-15-5-3-2-4-14(15)12-16(20)19-11-8-17(13-19)6-9-18-10-7-17;/h2-5,18H,6-13H2,1H3;1H. The van der Waals surface area contributed by atoms with Crippen LogP contribution in [0.3, 0.4) is 0 Å². The highest BCUT2D eigenvalue weighted by molar-refractivity contribution is 5.85. The molecule has 122 valence electrons. The molecule has 0 aromatic heterocycles. The molecule has 2 aliphatic heterocycles. The lowest BCUT2D eigenvalue weighted by atomic mass is 9.78. The highest BCUT2D eigenvalue weighted by Crippen LogP contribution is 2.38. The van der Waals surface area contributed by atoms with E-state index in [0.717, 1.165) is 43.9 Å². The van der Waals surface area contributed by atoms with Gasteiger partial charge in [-0.05, 0) is 43.8 Å². The molecule has 0 aliphatic carbocycles. The van der Waals surface area contributed by atoms with Gasteiger partial charge in [0.05, 0.1) is 13.5 Å². The van der Waals surface area contributed by atoms with Crippen LogP contribution in [-0.2, 0) is 11.2 Å². The van der Waals surface area contributed by atoms with E-state index in [-0.39, 0.29) is 18.3 Å². The Bertz CT molecular complexity index is 515. The first-order valence-corrected chi connectivity index (χ1v) is 7.83. The third kappa shape index (κ3) is 3.55. The van der Waals surface area contributed by atoms with Crippen molar-refractivity contribution in [3.63, 3.8) is 0 Å². The second-order valence-corrected chi connectivity index (χ2v) is 6.30. The first kappa shape index (κ1) is 17.1. The molecule has 4 nitrogen and oxygen atoms in total. The van der Waals surface area contributed by atoms with Gasteiger partial charge >= 0.3 is 0 Å². The van der Waals surface area contributed by atoms with Crippen molar-refractivity contribution in [3.05, 3.63) is 29.8 Å². The highest BCUT2D eigenvalue weighted by atomic mass is 35.5. The predicted molar refractivity (Wildman–Crippen MR) is 89.7 cm³/mol. The number of benzene rings is 1. The van der Waals surface area contributed by atoms with E-state index in [9.17, 15) is 4.79 Å². The number of carbonyl (C=O) groups excluding carboxylic acids is 1. The number of hydrogen-bond acceptors (Lipinski definition) is 3. The van der Waals surface area contributed by atoms with Crippen LogP contribution in [0.5, 0.6) is 5.75 Å². The molecule has 1 spiro atoms. The zero-order chi connectivity index (χ0) is 14.7. The molecule has 2 aliphatic rings.